The number of hydrogen-bond donors (Lipinski definition) is 1. The fraction of sp³-hybridized carbons (Fsp3) is 0.333. The van der Waals surface area contributed by atoms with Crippen LogP contribution in [0, 0.1) is 6.92 Å². The number of sulfone groups is 1. The van der Waals surface area contributed by atoms with Gasteiger partial charge in [-0.3, -0.25) is 4.72 Å². The molecule has 96 valence electrons. The van der Waals surface area contributed by atoms with Crippen molar-refractivity contribution in [2.75, 3.05) is 16.1 Å². The van der Waals surface area contributed by atoms with Crippen LogP contribution in [0.2, 0.25) is 0 Å². The van der Waals surface area contributed by atoms with Crippen molar-refractivity contribution in [3.05, 3.63) is 28.2 Å². The molecule has 0 aliphatic heterocycles. The van der Waals surface area contributed by atoms with Gasteiger partial charge >= 0.3 is 0 Å². The highest BCUT2D eigenvalue weighted by Gasteiger charge is 2.18. The van der Waals surface area contributed by atoms with Crippen molar-refractivity contribution in [2.24, 2.45) is 0 Å². The van der Waals surface area contributed by atoms with Gasteiger partial charge in [-0.2, -0.15) is 0 Å². The normalized spacial score (nSPS) is 12.4. The maximum Gasteiger partial charge on any atom is 0.247 e. The molecule has 0 heterocycles. The lowest BCUT2D eigenvalue weighted by Gasteiger charge is -2.08. The minimum Gasteiger partial charge on any atom is -0.283 e. The number of rotatable bonds is 4. The molecule has 0 spiro atoms. The fourth-order valence-corrected chi connectivity index (χ4v) is 4.50. The van der Waals surface area contributed by atoms with E-state index in [-0.39, 0.29) is 0 Å². The quantitative estimate of drug-likeness (QED) is 0.899. The highest BCUT2D eigenvalue weighted by molar-refractivity contribution is 9.10. The van der Waals surface area contributed by atoms with Gasteiger partial charge in [0.05, 0.1) is 0 Å². The zero-order chi connectivity index (χ0) is 13.3. The van der Waals surface area contributed by atoms with Gasteiger partial charge in [0.15, 0.2) is 14.9 Å². The SMILES string of the molecule is Cc1ccc(NS(=O)(=O)CS(C)(=O)=O)cc1Br. The summed E-state index contributed by atoms with van der Waals surface area (Å²) in [6.45, 7) is 1.86. The van der Waals surface area contributed by atoms with Crippen molar-refractivity contribution < 1.29 is 16.8 Å². The van der Waals surface area contributed by atoms with Crippen molar-refractivity contribution in [1.82, 2.24) is 0 Å². The number of benzene rings is 1. The molecule has 1 aromatic rings. The summed E-state index contributed by atoms with van der Waals surface area (Å²) in [6.07, 6.45) is 0.872. The topological polar surface area (TPSA) is 80.3 Å². The third-order valence-electron chi connectivity index (χ3n) is 1.81. The van der Waals surface area contributed by atoms with Gasteiger partial charge in [-0.05, 0) is 24.6 Å². The molecule has 0 unspecified atom stereocenters. The lowest BCUT2D eigenvalue weighted by Crippen LogP contribution is -2.22. The molecule has 1 rings (SSSR count). The Balaban J connectivity index is 2.95. The predicted octanol–water partition coefficient (Wildman–Crippen LogP) is 1.50. The zero-order valence-corrected chi connectivity index (χ0v) is 12.5. The molecule has 0 bridgehead atoms. The second-order valence-electron chi connectivity index (χ2n) is 3.72. The number of aryl methyl sites for hydroxylation is 1. The van der Waals surface area contributed by atoms with E-state index in [1.54, 1.807) is 18.2 Å². The minimum absolute atomic E-state index is 0.325. The van der Waals surface area contributed by atoms with Crippen LogP contribution in [0.3, 0.4) is 0 Å². The van der Waals surface area contributed by atoms with Crippen LogP contribution in [0.15, 0.2) is 22.7 Å². The van der Waals surface area contributed by atoms with E-state index in [4.69, 9.17) is 0 Å². The molecule has 0 aromatic heterocycles. The standard InChI is InChI=1S/C9H12BrNO4S2/c1-7-3-4-8(5-9(7)10)11-17(14,15)6-16(2,12)13/h3-5,11H,6H2,1-2H3. The first-order valence-electron chi connectivity index (χ1n) is 4.53. The van der Waals surface area contributed by atoms with Gasteiger partial charge < -0.3 is 0 Å². The molecular formula is C9H12BrNO4S2. The Kier molecular flexibility index (Phi) is 4.21. The lowest BCUT2D eigenvalue weighted by molar-refractivity contribution is 0.595. The Labute approximate surface area is 109 Å². The van der Waals surface area contributed by atoms with Gasteiger partial charge in [-0.25, -0.2) is 16.8 Å². The van der Waals surface area contributed by atoms with Crippen LogP contribution in [-0.4, -0.2) is 28.2 Å². The Morgan fingerprint density at radius 3 is 2.29 bits per heavy atom. The summed E-state index contributed by atoms with van der Waals surface area (Å²) in [6, 6.07) is 4.87. The third kappa shape index (κ3) is 5.05. The Bertz CT molecular complexity index is 622. The van der Waals surface area contributed by atoms with E-state index in [0.717, 1.165) is 16.3 Å². The van der Waals surface area contributed by atoms with Gasteiger partial charge in [0, 0.05) is 16.4 Å². The monoisotopic (exact) mass is 341 g/mol. The highest BCUT2D eigenvalue weighted by Crippen LogP contribution is 2.21. The van der Waals surface area contributed by atoms with E-state index in [0.29, 0.717) is 5.69 Å². The molecular weight excluding hydrogens is 330 g/mol. The molecule has 0 amide bonds. The van der Waals surface area contributed by atoms with Crippen molar-refractivity contribution in [3.8, 4) is 0 Å². The van der Waals surface area contributed by atoms with Crippen molar-refractivity contribution in [2.45, 2.75) is 6.92 Å². The molecule has 0 radical (unpaired) electrons. The second-order valence-corrected chi connectivity index (χ2v) is 8.81. The number of halogens is 1. The molecule has 0 fully saturated rings. The molecule has 8 heteroatoms. The fourth-order valence-electron chi connectivity index (χ4n) is 1.15. The summed E-state index contributed by atoms with van der Waals surface area (Å²) in [5, 5.41) is -0.925. The first-order chi connectivity index (χ1) is 7.59. The van der Waals surface area contributed by atoms with Crippen molar-refractivity contribution in [1.29, 1.82) is 0 Å². The van der Waals surface area contributed by atoms with Gasteiger partial charge in [-0.1, -0.05) is 22.0 Å². The van der Waals surface area contributed by atoms with Gasteiger partial charge in [-0.15, -0.1) is 0 Å². The molecule has 17 heavy (non-hydrogen) atoms. The molecule has 1 N–H and O–H groups in total. The molecule has 0 aliphatic rings. The van der Waals surface area contributed by atoms with E-state index >= 15 is 0 Å². The Morgan fingerprint density at radius 1 is 1.24 bits per heavy atom. The summed E-state index contributed by atoms with van der Waals surface area (Å²) in [4.78, 5) is 0. The predicted molar refractivity (Wildman–Crippen MR) is 71.1 cm³/mol. The lowest BCUT2D eigenvalue weighted by atomic mass is 10.2. The third-order valence-corrected chi connectivity index (χ3v) is 6.17. The Morgan fingerprint density at radius 2 is 1.82 bits per heavy atom. The van der Waals surface area contributed by atoms with Crippen LogP contribution in [0.4, 0.5) is 5.69 Å². The summed E-state index contributed by atoms with van der Waals surface area (Å²) in [7, 11) is -7.46. The summed E-state index contributed by atoms with van der Waals surface area (Å²) < 4.78 is 47.8. The van der Waals surface area contributed by atoms with Gasteiger partial charge in [0.1, 0.15) is 0 Å². The first kappa shape index (κ1) is 14.5. The van der Waals surface area contributed by atoms with Crippen LogP contribution in [0.25, 0.3) is 0 Å². The van der Waals surface area contributed by atoms with Crippen molar-refractivity contribution >= 4 is 41.5 Å². The second kappa shape index (κ2) is 4.95. The van der Waals surface area contributed by atoms with E-state index in [9.17, 15) is 16.8 Å². The number of hydrogen-bond acceptors (Lipinski definition) is 4. The summed E-state index contributed by atoms with van der Waals surface area (Å²) in [5.74, 6) is 0. The average molecular weight is 342 g/mol. The number of anilines is 1. The van der Waals surface area contributed by atoms with Crippen LogP contribution in [0.5, 0.6) is 0 Å². The van der Waals surface area contributed by atoms with Gasteiger partial charge in [0.25, 0.3) is 0 Å². The van der Waals surface area contributed by atoms with Gasteiger partial charge in [0.2, 0.25) is 10.0 Å². The molecule has 0 atom stereocenters. The Hall–Kier alpha value is -0.600. The minimum atomic E-state index is -3.88. The molecule has 0 aliphatic carbocycles. The maximum absolute atomic E-state index is 11.5. The van der Waals surface area contributed by atoms with Crippen LogP contribution < -0.4 is 4.72 Å². The first-order valence-corrected chi connectivity index (χ1v) is 9.04. The molecule has 5 nitrogen and oxygen atoms in total. The van der Waals surface area contributed by atoms with Crippen LogP contribution >= 0.6 is 15.9 Å². The van der Waals surface area contributed by atoms with Crippen molar-refractivity contribution in [3.63, 3.8) is 0 Å². The largest absolute Gasteiger partial charge is 0.283 e. The summed E-state index contributed by atoms with van der Waals surface area (Å²) in [5.41, 5.74) is 1.28. The number of nitrogens with one attached hydrogen (secondary N) is 1. The van der Waals surface area contributed by atoms with E-state index in [1.165, 1.54) is 0 Å². The summed E-state index contributed by atoms with van der Waals surface area (Å²) >= 11 is 3.26. The molecule has 0 saturated heterocycles. The molecule has 0 saturated carbocycles. The smallest absolute Gasteiger partial charge is 0.247 e. The average Bonchev–Trinajstić information content (AvgIpc) is 2.06. The van der Waals surface area contributed by atoms with Crippen LogP contribution in [-0.2, 0) is 19.9 Å². The zero-order valence-electron chi connectivity index (χ0n) is 9.27. The highest BCUT2D eigenvalue weighted by atomic mass is 79.9. The molecule has 1 aromatic carbocycles. The van der Waals surface area contributed by atoms with Crippen LogP contribution in [0.1, 0.15) is 5.56 Å². The van der Waals surface area contributed by atoms with E-state index in [1.807, 2.05) is 6.92 Å². The van der Waals surface area contributed by atoms with E-state index < -0.39 is 24.9 Å². The maximum atomic E-state index is 11.5. The van der Waals surface area contributed by atoms with E-state index in [2.05, 4.69) is 20.7 Å². The number of sulfonamides is 1.